The Labute approximate surface area is 128 Å². The lowest BCUT2D eigenvalue weighted by atomic mass is 9.92. The number of aromatic nitrogens is 2. The van der Waals surface area contributed by atoms with E-state index in [1.807, 2.05) is 30.9 Å². The molecule has 0 radical (unpaired) electrons. The van der Waals surface area contributed by atoms with E-state index in [4.69, 9.17) is 14.7 Å². The second kappa shape index (κ2) is 5.22. The molecule has 0 spiro atoms. The highest BCUT2D eigenvalue weighted by Crippen LogP contribution is 2.39. The van der Waals surface area contributed by atoms with Crippen molar-refractivity contribution in [3.05, 3.63) is 46.9 Å². The molecule has 1 atom stereocenters. The number of rotatable bonds is 2. The Morgan fingerprint density at radius 1 is 1.24 bits per heavy atom. The zero-order valence-electron chi connectivity index (χ0n) is 11.9. The van der Waals surface area contributed by atoms with E-state index in [9.17, 15) is 0 Å². The number of para-hydroxylation sites is 1. The fourth-order valence-electron chi connectivity index (χ4n) is 3.04. The molecule has 5 heteroatoms. The third-order valence-electron chi connectivity index (χ3n) is 4.10. The monoisotopic (exact) mass is 299 g/mol. The van der Waals surface area contributed by atoms with Gasteiger partial charge in [0.05, 0.1) is 18.2 Å². The lowest BCUT2D eigenvalue weighted by Gasteiger charge is -2.25. The number of benzene rings is 1. The van der Waals surface area contributed by atoms with Crippen molar-refractivity contribution < 1.29 is 4.74 Å². The Balaban J connectivity index is 1.81. The van der Waals surface area contributed by atoms with Crippen molar-refractivity contribution in [3.63, 3.8) is 0 Å². The van der Waals surface area contributed by atoms with Gasteiger partial charge < -0.3 is 10.1 Å². The minimum Gasteiger partial charge on any atom is -0.493 e. The largest absolute Gasteiger partial charge is 0.493 e. The molecule has 21 heavy (non-hydrogen) atoms. The van der Waals surface area contributed by atoms with Crippen molar-refractivity contribution in [1.29, 1.82) is 0 Å². The van der Waals surface area contributed by atoms with Gasteiger partial charge in [-0.25, -0.2) is 9.97 Å². The Bertz CT molecular complexity index is 689. The molecule has 0 bridgehead atoms. The Hall–Kier alpha value is -1.75. The number of hydrogen-bond acceptors (Lipinski definition) is 5. The first-order valence-corrected chi connectivity index (χ1v) is 8.39. The van der Waals surface area contributed by atoms with E-state index in [1.165, 1.54) is 16.8 Å². The maximum absolute atomic E-state index is 5.75. The molecule has 2 aromatic rings. The van der Waals surface area contributed by atoms with Crippen LogP contribution in [0.25, 0.3) is 0 Å². The molecular weight excluding hydrogens is 282 g/mol. The molecule has 1 aromatic carbocycles. The highest BCUT2D eigenvalue weighted by molar-refractivity contribution is 7.98. The van der Waals surface area contributed by atoms with E-state index >= 15 is 0 Å². The predicted octanol–water partition coefficient (Wildman–Crippen LogP) is 3.18. The van der Waals surface area contributed by atoms with Crippen LogP contribution in [0.5, 0.6) is 5.75 Å². The summed E-state index contributed by atoms with van der Waals surface area (Å²) in [6.07, 6.45) is 0.937. The molecule has 0 amide bonds. The Kier molecular flexibility index (Phi) is 3.22. The fraction of sp³-hybridized carbons (Fsp3) is 0.375. The third kappa shape index (κ3) is 2.16. The first-order chi connectivity index (χ1) is 10.4. The number of hydrogen-bond donors (Lipinski definition) is 1. The zero-order valence-corrected chi connectivity index (χ0v) is 12.7. The van der Waals surface area contributed by atoms with E-state index in [0.29, 0.717) is 0 Å². The van der Waals surface area contributed by atoms with Gasteiger partial charge in [0.1, 0.15) is 17.4 Å². The molecule has 4 rings (SSSR count). The SMILES string of the molecule is CNc1nc(C2CCOc3ccccc32)nc2c1CSC2. The van der Waals surface area contributed by atoms with Gasteiger partial charge in [-0.3, -0.25) is 0 Å². The molecule has 0 saturated carbocycles. The van der Waals surface area contributed by atoms with Crippen molar-refractivity contribution in [1.82, 2.24) is 9.97 Å². The lowest BCUT2D eigenvalue weighted by molar-refractivity contribution is 0.274. The summed E-state index contributed by atoms with van der Waals surface area (Å²) in [5.74, 6) is 5.12. The molecule has 4 nitrogen and oxygen atoms in total. The average molecular weight is 299 g/mol. The molecule has 1 aromatic heterocycles. The average Bonchev–Trinajstić information content (AvgIpc) is 3.02. The molecule has 0 fully saturated rings. The number of fused-ring (bicyclic) bond motifs is 2. The second-order valence-corrected chi connectivity index (χ2v) is 6.31. The summed E-state index contributed by atoms with van der Waals surface area (Å²) < 4.78 is 5.75. The maximum atomic E-state index is 5.75. The summed E-state index contributed by atoms with van der Waals surface area (Å²) in [4.78, 5) is 9.65. The predicted molar refractivity (Wildman–Crippen MR) is 85.0 cm³/mol. The van der Waals surface area contributed by atoms with Gasteiger partial charge in [0.25, 0.3) is 0 Å². The summed E-state index contributed by atoms with van der Waals surface area (Å²) in [7, 11) is 1.94. The summed E-state index contributed by atoms with van der Waals surface area (Å²) in [5.41, 5.74) is 3.67. The van der Waals surface area contributed by atoms with Crippen LogP contribution in [0, 0.1) is 0 Å². The number of ether oxygens (including phenoxy) is 1. The zero-order chi connectivity index (χ0) is 14.2. The van der Waals surface area contributed by atoms with Crippen LogP contribution >= 0.6 is 11.8 Å². The van der Waals surface area contributed by atoms with Crippen LogP contribution in [-0.2, 0) is 11.5 Å². The summed E-state index contributed by atoms with van der Waals surface area (Å²) in [6.45, 7) is 0.728. The quantitative estimate of drug-likeness (QED) is 0.923. The van der Waals surface area contributed by atoms with Gasteiger partial charge in [0, 0.05) is 29.7 Å². The second-order valence-electron chi connectivity index (χ2n) is 5.33. The first kappa shape index (κ1) is 13.0. The van der Waals surface area contributed by atoms with Crippen molar-refractivity contribution in [2.75, 3.05) is 19.0 Å². The summed E-state index contributed by atoms with van der Waals surface area (Å²) in [5, 5.41) is 3.24. The van der Waals surface area contributed by atoms with Gasteiger partial charge in [-0.15, -0.1) is 0 Å². The Morgan fingerprint density at radius 3 is 3.05 bits per heavy atom. The minimum atomic E-state index is 0.234. The fourth-order valence-corrected chi connectivity index (χ4v) is 4.08. The van der Waals surface area contributed by atoms with Crippen LogP contribution in [0.3, 0.4) is 0 Å². The van der Waals surface area contributed by atoms with E-state index in [-0.39, 0.29) is 5.92 Å². The number of nitrogens with one attached hydrogen (secondary N) is 1. The highest BCUT2D eigenvalue weighted by atomic mass is 32.2. The molecule has 0 aliphatic carbocycles. The van der Waals surface area contributed by atoms with Crippen molar-refractivity contribution >= 4 is 17.6 Å². The van der Waals surface area contributed by atoms with Gasteiger partial charge in [-0.05, 0) is 12.5 Å². The standard InChI is InChI=1S/C16H17N3OS/c1-17-15-12-8-21-9-13(12)18-16(19-15)11-6-7-20-14-5-3-2-4-10(11)14/h2-5,11H,6-9H2,1H3,(H,17,18,19). The van der Waals surface area contributed by atoms with Crippen LogP contribution in [0.4, 0.5) is 5.82 Å². The topological polar surface area (TPSA) is 47.0 Å². The van der Waals surface area contributed by atoms with E-state index < -0.39 is 0 Å². The van der Waals surface area contributed by atoms with Gasteiger partial charge in [-0.1, -0.05) is 18.2 Å². The Morgan fingerprint density at radius 2 is 2.14 bits per heavy atom. The molecule has 1 unspecified atom stereocenters. The van der Waals surface area contributed by atoms with Crippen molar-refractivity contribution in [3.8, 4) is 5.75 Å². The van der Waals surface area contributed by atoms with Crippen LogP contribution in [0.1, 0.15) is 35.0 Å². The smallest absolute Gasteiger partial charge is 0.138 e. The molecule has 2 aliphatic heterocycles. The van der Waals surface area contributed by atoms with E-state index in [1.54, 1.807) is 0 Å². The molecule has 3 heterocycles. The maximum Gasteiger partial charge on any atom is 0.138 e. The lowest BCUT2D eigenvalue weighted by Crippen LogP contribution is -2.18. The first-order valence-electron chi connectivity index (χ1n) is 7.23. The normalized spacial score (nSPS) is 19.6. The van der Waals surface area contributed by atoms with E-state index in [0.717, 1.165) is 41.9 Å². The van der Waals surface area contributed by atoms with Crippen LogP contribution in [-0.4, -0.2) is 23.6 Å². The van der Waals surface area contributed by atoms with Gasteiger partial charge >= 0.3 is 0 Å². The molecular formula is C16H17N3OS. The van der Waals surface area contributed by atoms with Gasteiger partial charge in [0.15, 0.2) is 0 Å². The summed E-state index contributed by atoms with van der Waals surface area (Å²) >= 11 is 1.91. The molecule has 1 N–H and O–H groups in total. The van der Waals surface area contributed by atoms with Gasteiger partial charge in [-0.2, -0.15) is 11.8 Å². The number of nitrogens with zero attached hydrogens (tertiary/aromatic N) is 2. The highest BCUT2D eigenvalue weighted by Gasteiger charge is 2.28. The third-order valence-corrected chi connectivity index (χ3v) is 5.07. The molecule has 0 saturated heterocycles. The minimum absolute atomic E-state index is 0.234. The number of thioether (sulfide) groups is 1. The van der Waals surface area contributed by atoms with Crippen LogP contribution in [0.2, 0.25) is 0 Å². The van der Waals surface area contributed by atoms with Crippen LogP contribution in [0.15, 0.2) is 24.3 Å². The van der Waals surface area contributed by atoms with Crippen molar-refractivity contribution in [2.24, 2.45) is 0 Å². The van der Waals surface area contributed by atoms with Crippen molar-refractivity contribution in [2.45, 2.75) is 23.8 Å². The number of anilines is 1. The molecule has 2 aliphatic rings. The van der Waals surface area contributed by atoms with Crippen LogP contribution < -0.4 is 10.1 Å². The van der Waals surface area contributed by atoms with E-state index in [2.05, 4.69) is 17.4 Å². The summed E-state index contributed by atoms with van der Waals surface area (Å²) in [6, 6.07) is 8.23. The molecule has 108 valence electrons. The van der Waals surface area contributed by atoms with Gasteiger partial charge in [0.2, 0.25) is 0 Å².